The maximum absolute atomic E-state index is 4.28. The third-order valence-electron chi connectivity index (χ3n) is 21.6. The van der Waals surface area contributed by atoms with E-state index in [4.69, 9.17) is 0 Å². The van der Waals surface area contributed by atoms with Gasteiger partial charge in [0.25, 0.3) is 0 Å². The van der Waals surface area contributed by atoms with Crippen LogP contribution in [0, 0.1) is 0 Å². The molecule has 0 N–H and O–H groups in total. The lowest BCUT2D eigenvalue weighted by Crippen LogP contribution is -2.10. The fraction of sp³-hybridized carbons (Fsp3) is 0.0588. The van der Waals surface area contributed by atoms with Gasteiger partial charge >= 0.3 is 0 Å². The number of anilines is 3. The number of hydrogen-bond acceptors (Lipinski definition) is 1. The predicted molar refractivity (Wildman–Crippen MR) is 454 cm³/mol. The van der Waals surface area contributed by atoms with Crippen molar-refractivity contribution >= 4 is 107 Å². The van der Waals surface area contributed by atoms with Crippen LogP contribution in [0.2, 0.25) is 0 Å². The first-order valence-electron chi connectivity index (χ1n) is 37.1. The Labute approximate surface area is 620 Å². The quantitative estimate of drug-likeness (QED) is 0.0783. The Kier molecular flexibility index (Phi) is 17.4. The summed E-state index contributed by atoms with van der Waals surface area (Å²) in [6.45, 7) is 8.52. The van der Waals surface area contributed by atoms with Gasteiger partial charge in [-0.3, -0.25) is 0 Å². The Balaban J connectivity index is 0.657. The highest BCUT2D eigenvalue weighted by atomic mass is 15.1. The number of hydrogen-bond donors (Lipinski definition) is 0. The molecule has 3 aliphatic rings. The molecule has 3 aliphatic carbocycles. The van der Waals surface area contributed by atoms with E-state index >= 15 is 0 Å². The van der Waals surface area contributed by atoms with Gasteiger partial charge in [-0.2, -0.15) is 0 Å². The number of fused-ring (bicyclic) bond motifs is 7. The van der Waals surface area contributed by atoms with Crippen LogP contribution in [0.3, 0.4) is 0 Å². The molecule has 1 unspecified atom stereocenters. The highest BCUT2D eigenvalue weighted by Crippen LogP contribution is 2.43. The van der Waals surface area contributed by atoms with Gasteiger partial charge in [0.2, 0.25) is 0 Å². The molecule has 3 aromatic heterocycles. The van der Waals surface area contributed by atoms with E-state index in [1.807, 2.05) is 12.2 Å². The molecule has 106 heavy (non-hydrogen) atoms. The summed E-state index contributed by atoms with van der Waals surface area (Å²) in [6.07, 6.45) is 40.2. The number of aromatic nitrogens is 3. The van der Waals surface area contributed by atoms with Gasteiger partial charge in [-0.05, 0) is 226 Å². The summed E-state index contributed by atoms with van der Waals surface area (Å²) in [4.78, 5) is 2.39. The Morgan fingerprint density at radius 1 is 0.415 bits per heavy atom. The van der Waals surface area contributed by atoms with Crippen LogP contribution in [0.25, 0.3) is 134 Å². The maximum atomic E-state index is 4.28. The zero-order valence-electron chi connectivity index (χ0n) is 59.2. The van der Waals surface area contributed by atoms with Crippen molar-refractivity contribution < 1.29 is 0 Å². The van der Waals surface area contributed by atoms with Crippen molar-refractivity contribution in [2.75, 3.05) is 4.90 Å². The summed E-state index contributed by atoms with van der Waals surface area (Å²) >= 11 is 0. The van der Waals surface area contributed by atoms with E-state index in [2.05, 4.69) is 402 Å². The van der Waals surface area contributed by atoms with Crippen molar-refractivity contribution in [2.45, 2.75) is 38.0 Å². The zero-order valence-corrected chi connectivity index (χ0v) is 59.2. The summed E-state index contributed by atoms with van der Waals surface area (Å²) in [5, 5.41) is 6.10. The van der Waals surface area contributed by atoms with E-state index in [0.29, 0.717) is 5.92 Å². The second-order valence-corrected chi connectivity index (χ2v) is 27.8. The zero-order chi connectivity index (χ0) is 70.9. The van der Waals surface area contributed by atoms with Crippen molar-refractivity contribution in [3.05, 3.63) is 416 Å². The van der Waals surface area contributed by atoms with E-state index in [1.165, 1.54) is 116 Å². The smallest absolute Gasteiger partial charge is 0.0541 e. The average molecular weight is 1360 g/mol. The molecule has 18 rings (SSSR count). The van der Waals surface area contributed by atoms with Gasteiger partial charge in [-0.1, -0.05) is 274 Å². The second kappa shape index (κ2) is 28.5. The minimum atomic E-state index is 0.392. The van der Waals surface area contributed by atoms with E-state index in [-0.39, 0.29) is 0 Å². The lowest BCUT2D eigenvalue weighted by atomic mass is 9.92. The first-order valence-corrected chi connectivity index (χ1v) is 37.1. The molecule has 0 aliphatic heterocycles. The summed E-state index contributed by atoms with van der Waals surface area (Å²) < 4.78 is 7.17. The Bertz CT molecular complexity index is 6190. The Morgan fingerprint density at radius 2 is 0.943 bits per heavy atom. The number of benzene rings is 12. The highest BCUT2D eigenvalue weighted by Gasteiger charge is 2.22. The highest BCUT2D eigenvalue weighted by molar-refractivity contribution is 6.13. The van der Waals surface area contributed by atoms with Gasteiger partial charge in [-0.15, -0.1) is 0 Å². The third kappa shape index (κ3) is 12.4. The molecular weight excluding hydrogens is 1280 g/mol. The summed E-state index contributed by atoms with van der Waals surface area (Å²) in [7, 11) is 0. The normalized spacial score (nSPS) is 14.6. The van der Waals surface area contributed by atoms with Gasteiger partial charge in [0.05, 0.1) is 33.3 Å². The Morgan fingerprint density at radius 3 is 1.54 bits per heavy atom. The second-order valence-electron chi connectivity index (χ2n) is 27.8. The minimum Gasteiger partial charge on any atom is -0.313 e. The van der Waals surface area contributed by atoms with Gasteiger partial charge in [0, 0.05) is 72.5 Å². The lowest BCUT2D eigenvalue weighted by molar-refractivity contribution is 0.854. The van der Waals surface area contributed by atoms with Crippen molar-refractivity contribution in [1.82, 2.24) is 13.7 Å². The van der Waals surface area contributed by atoms with E-state index < -0.39 is 0 Å². The van der Waals surface area contributed by atoms with Crippen molar-refractivity contribution in [2.24, 2.45) is 0 Å². The van der Waals surface area contributed by atoms with Gasteiger partial charge in [-0.25, -0.2) is 0 Å². The molecule has 1 atom stereocenters. The fourth-order valence-electron chi connectivity index (χ4n) is 16.2. The largest absolute Gasteiger partial charge is 0.313 e. The third-order valence-corrected chi connectivity index (χ3v) is 21.6. The molecule has 0 bridgehead atoms. The van der Waals surface area contributed by atoms with E-state index in [9.17, 15) is 0 Å². The number of para-hydroxylation sites is 4. The molecule has 4 heteroatoms. The van der Waals surface area contributed by atoms with Crippen molar-refractivity contribution in [3.8, 4) is 44.8 Å². The summed E-state index contributed by atoms with van der Waals surface area (Å²) in [6, 6.07) is 105. The van der Waals surface area contributed by atoms with Gasteiger partial charge in [0.15, 0.2) is 0 Å². The van der Waals surface area contributed by atoms with Crippen LogP contribution in [0.5, 0.6) is 0 Å². The van der Waals surface area contributed by atoms with Crippen LogP contribution in [0.1, 0.15) is 71.5 Å². The van der Waals surface area contributed by atoms with Crippen LogP contribution >= 0.6 is 0 Å². The Hall–Kier alpha value is -13.3. The maximum Gasteiger partial charge on any atom is 0.0541 e. The number of nitrogens with zero attached hydrogens (tertiary/aromatic N) is 4. The molecule has 3 heterocycles. The first-order chi connectivity index (χ1) is 52.5. The van der Waals surface area contributed by atoms with Gasteiger partial charge < -0.3 is 18.6 Å². The SMILES string of the molecule is C=CC(C=Cc1c(C=C)n(-c2ccccc2)c2ccccc12)=CC=Cc1ccc2c(c1)c1cc(-c3ccc(-c4ccc(-c5ccc6c(c5)c5ccccc5n6-c5ccccc5)cc4)cc3)ccc1n2C1=CC=C(c2ccc(N(c3ccc(C4=CCCC=C4)cc3)c3ccc(C4C=CC=CC4)cc3)cc2)CC1. The van der Waals surface area contributed by atoms with Gasteiger partial charge in [0.1, 0.15) is 0 Å². The fourth-order valence-corrected chi connectivity index (χ4v) is 16.2. The molecule has 0 fully saturated rings. The monoisotopic (exact) mass is 1360 g/mol. The minimum absolute atomic E-state index is 0.392. The van der Waals surface area contributed by atoms with Crippen LogP contribution in [-0.4, -0.2) is 13.7 Å². The molecule has 0 spiro atoms. The molecule has 15 aromatic rings. The number of rotatable bonds is 18. The molecule has 0 radical (unpaired) electrons. The van der Waals surface area contributed by atoms with Crippen LogP contribution in [0.4, 0.5) is 17.1 Å². The van der Waals surface area contributed by atoms with Crippen LogP contribution in [-0.2, 0) is 0 Å². The summed E-state index contributed by atoms with van der Waals surface area (Å²) in [5.74, 6) is 0.392. The lowest BCUT2D eigenvalue weighted by Gasteiger charge is -2.27. The van der Waals surface area contributed by atoms with E-state index in [1.54, 1.807) is 0 Å². The topological polar surface area (TPSA) is 18.0 Å². The van der Waals surface area contributed by atoms with Crippen LogP contribution in [0.15, 0.2) is 383 Å². The van der Waals surface area contributed by atoms with Crippen LogP contribution < -0.4 is 4.90 Å². The standard InChI is InChI=1S/C102H78N4/c1-3-71(36-64-93-91-32-17-19-34-98(91)104(97(93)4-2)85-28-13-7-14-29-85)22-21-23-72-37-65-100-94(68-72)96-70-84(82-44-40-76(41-45-82)75-38-42-81(43-39-75)83-54-66-101-95(69-83)92-33-18-20-35-99(92)105(101)86-30-15-8-16-31-86)55-67-102(96)106(100)90-62-52-80(53-63-90)79-50-60-89(61-51-79)103(87-56-46-77(47-57-87)73-24-9-5-10-25-73)88-58-48-78(49-59-88)74-26-11-6-12-27-74/h3-5,7-11,13-24,26-52,54-62,64-70,73H,1-2,6,12,25,53,63H2. The van der Waals surface area contributed by atoms with Crippen molar-refractivity contribution in [3.63, 3.8) is 0 Å². The summed E-state index contributed by atoms with van der Waals surface area (Å²) in [5.41, 5.74) is 30.7. The number of allylic oxidation sites excluding steroid dienone is 17. The molecule has 506 valence electrons. The molecule has 12 aromatic carbocycles. The van der Waals surface area contributed by atoms with Crippen molar-refractivity contribution in [1.29, 1.82) is 0 Å². The van der Waals surface area contributed by atoms with E-state index in [0.717, 1.165) is 88.5 Å². The molecule has 0 amide bonds. The average Bonchev–Trinajstić information content (AvgIpc) is 1.66. The first kappa shape index (κ1) is 64.8. The molecule has 4 nitrogen and oxygen atoms in total. The molecular formula is C102H78N4. The molecule has 0 saturated carbocycles. The predicted octanol–water partition coefficient (Wildman–Crippen LogP) is 27.8. The molecule has 0 saturated heterocycles.